The lowest BCUT2D eigenvalue weighted by atomic mass is 10.0. The lowest BCUT2D eigenvalue weighted by molar-refractivity contribution is -0.113. The van der Waals surface area contributed by atoms with Gasteiger partial charge in [0.1, 0.15) is 0 Å². The number of thioether (sulfide) groups is 1. The normalized spacial score (nSPS) is 12.0. The van der Waals surface area contributed by atoms with Crippen LogP contribution in [0.15, 0.2) is 47.6 Å². The average molecular weight is 486 g/mol. The van der Waals surface area contributed by atoms with Gasteiger partial charge in [-0.3, -0.25) is 9.59 Å². The Balaban J connectivity index is 1.67. The van der Waals surface area contributed by atoms with Gasteiger partial charge in [0.25, 0.3) is 5.91 Å². The third-order valence-electron chi connectivity index (χ3n) is 5.21. The molecule has 9 heteroatoms. The summed E-state index contributed by atoms with van der Waals surface area (Å²) in [5, 5.41) is 15.7. The number of hydrogen-bond donors (Lipinski definition) is 2. The van der Waals surface area contributed by atoms with Crippen molar-refractivity contribution in [3.63, 3.8) is 0 Å². The fraction of sp³-hybridized carbons (Fsp3) is 0.333. The number of nitrogens with zero attached hydrogens (tertiary/aromatic N) is 3. The maximum absolute atomic E-state index is 12.7. The zero-order chi connectivity index (χ0) is 24.1. The van der Waals surface area contributed by atoms with Gasteiger partial charge in [0, 0.05) is 23.3 Å². The first-order valence-electron chi connectivity index (χ1n) is 10.6. The molecule has 0 unspecified atom stereocenters. The second kappa shape index (κ2) is 10.9. The highest BCUT2D eigenvalue weighted by Gasteiger charge is 2.25. The fourth-order valence-electron chi connectivity index (χ4n) is 3.26. The molecule has 0 aliphatic rings. The van der Waals surface area contributed by atoms with Crippen LogP contribution in [0.1, 0.15) is 47.2 Å². The third-order valence-corrected chi connectivity index (χ3v) is 6.48. The standard InChI is InChI=1S/C24H28ClN5O2S/c1-14(2)21(27-23(32)17-8-10-18(25)11-9-17)22-28-29-24(30(22)5)33-13-20(31)26-19-12-15(3)6-7-16(19)4/h6-12,14,21H,13H2,1-5H3,(H,26,31)(H,27,32)/t21-/m1/s1. The quantitative estimate of drug-likeness (QED) is 0.441. The van der Waals surface area contributed by atoms with Gasteiger partial charge >= 0.3 is 0 Å². The van der Waals surface area contributed by atoms with Crippen molar-refractivity contribution in [2.24, 2.45) is 13.0 Å². The van der Waals surface area contributed by atoms with Crippen molar-refractivity contribution in [1.82, 2.24) is 20.1 Å². The molecule has 3 aromatic rings. The molecule has 7 nitrogen and oxygen atoms in total. The van der Waals surface area contributed by atoms with Gasteiger partial charge in [-0.2, -0.15) is 0 Å². The van der Waals surface area contributed by atoms with E-state index in [1.807, 2.05) is 57.5 Å². The number of aromatic nitrogens is 3. The molecular weight excluding hydrogens is 458 g/mol. The summed E-state index contributed by atoms with van der Waals surface area (Å²) < 4.78 is 1.82. The Bertz CT molecular complexity index is 1140. The van der Waals surface area contributed by atoms with Crippen molar-refractivity contribution >= 4 is 40.9 Å². The minimum atomic E-state index is -0.344. The van der Waals surface area contributed by atoms with Gasteiger partial charge in [-0.25, -0.2) is 0 Å². The molecule has 33 heavy (non-hydrogen) atoms. The number of aryl methyl sites for hydroxylation is 2. The van der Waals surface area contributed by atoms with Crippen molar-refractivity contribution in [1.29, 1.82) is 0 Å². The Hall–Kier alpha value is -2.84. The molecule has 2 N–H and O–H groups in total. The molecule has 0 aliphatic heterocycles. The number of carbonyl (C=O) groups excluding carboxylic acids is 2. The van der Waals surface area contributed by atoms with E-state index in [0.29, 0.717) is 21.6 Å². The number of nitrogens with one attached hydrogen (secondary N) is 2. The van der Waals surface area contributed by atoms with E-state index >= 15 is 0 Å². The molecule has 3 rings (SSSR count). The molecule has 0 spiro atoms. The van der Waals surface area contributed by atoms with Crippen LogP contribution in [0.4, 0.5) is 5.69 Å². The highest BCUT2D eigenvalue weighted by atomic mass is 35.5. The highest BCUT2D eigenvalue weighted by Crippen LogP contribution is 2.25. The molecular formula is C24H28ClN5O2S. The fourth-order valence-corrected chi connectivity index (χ4v) is 4.11. The van der Waals surface area contributed by atoms with Crippen molar-refractivity contribution in [2.45, 2.75) is 38.9 Å². The van der Waals surface area contributed by atoms with E-state index in [0.717, 1.165) is 16.8 Å². The van der Waals surface area contributed by atoms with Crippen LogP contribution in [-0.4, -0.2) is 32.3 Å². The van der Waals surface area contributed by atoms with Gasteiger partial charge < -0.3 is 15.2 Å². The lowest BCUT2D eigenvalue weighted by Gasteiger charge is -2.21. The van der Waals surface area contributed by atoms with Crippen LogP contribution in [0.2, 0.25) is 5.02 Å². The van der Waals surface area contributed by atoms with Crippen LogP contribution in [0.5, 0.6) is 0 Å². The predicted molar refractivity (Wildman–Crippen MR) is 133 cm³/mol. The van der Waals surface area contributed by atoms with Crippen LogP contribution >= 0.6 is 23.4 Å². The van der Waals surface area contributed by atoms with E-state index in [2.05, 4.69) is 20.8 Å². The Labute approximate surface area is 203 Å². The molecule has 2 aromatic carbocycles. The van der Waals surface area contributed by atoms with Crippen LogP contribution in [0.25, 0.3) is 0 Å². The summed E-state index contributed by atoms with van der Waals surface area (Å²) in [4.78, 5) is 25.2. The van der Waals surface area contributed by atoms with Gasteiger partial charge in [-0.15, -0.1) is 10.2 Å². The summed E-state index contributed by atoms with van der Waals surface area (Å²) in [7, 11) is 1.84. The molecule has 2 amide bonds. The van der Waals surface area contributed by atoms with E-state index in [1.54, 1.807) is 24.3 Å². The second-order valence-corrected chi connectivity index (χ2v) is 9.64. The molecule has 0 fully saturated rings. The van der Waals surface area contributed by atoms with Gasteiger partial charge in [0.05, 0.1) is 11.8 Å². The molecule has 174 valence electrons. The molecule has 1 aromatic heterocycles. The van der Waals surface area contributed by atoms with E-state index < -0.39 is 0 Å². The minimum absolute atomic E-state index is 0.0783. The maximum atomic E-state index is 12.7. The number of hydrogen-bond acceptors (Lipinski definition) is 5. The number of amides is 2. The first kappa shape index (κ1) is 24.8. The average Bonchev–Trinajstić information content (AvgIpc) is 3.13. The third kappa shape index (κ3) is 6.36. The lowest BCUT2D eigenvalue weighted by Crippen LogP contribution is -2.33. The Morgan fingerprint density at radius 3 is 2.45 bits per heavy atom. The Morgan fingerprint density at radius 1 is 1.09 bits per heavy atom. The van der Waals surface area contributed by atoms with Gasteiger partial charge in [0.2, 0.25) is 5.91 Å². The monoisotopic (exact) mass is 485 g/mol. The van der Waals surface area contributed by atoms with Crippen LogP contribution in [0, 0.1) is 19.8 Å². The molecule has 0 saturated carbocycles. The van der Waals surface area contributed by atoms with E-state index in [4.69, 9.17) is 11.6 Å². The van der Waals surface area contributed by atoms with Crippen molar-refractivity contribution < 1.29 is 9.59 Å². The summed E-state index contributed by atoms with van der Waals surface area (Å²) in [6.07, 6.45) is 0. The predicted octanol–water partition coefficient (Wildman–Crippen LogP) is 4.94. The van der Waals surface area contributed by atoms with Gasteiger partial charge in [0.15, 0.2) is 11.0 Å². The number of anilines is 1. The molecule has 0 aliphatic carbocycles. The highest BCUT2D eigenvalue weighted by molar-refractivity contribution is 7.99. The maximum Gasteiger partial charge on any atom is 0.251 e. The van der Waals surface area contributed by atoms with Crippen molar-refractivity contribution in [3.8, 4) is 0 Å². The number of rotatable bonds is 8. The largest absolute Gasteiger partial charge is 0.342 e. The zero-order valence-corrected chi connectivity index (χ0v) is 20.9. The molecule has 0 bridgehead atoms. The summed E-state index contributed by atoms with van der Waals surface area (Å²) in [5.74, 6) is 0.576. The minimum Gasteiger partial charge on any atom is -0.342 e. The Kier molecular flexibility index (Phi) is 8.15. The smallest absolute Gasteiger partial charge is 0.251 e. The van der Waals surface area contributed by atoms with Gasteiger partial charge in [-0.1, -0.05) is 49.3 Å². The molecule has 1 heterocycles. The number of halogens is 1. The second-order valence-electron chi connectivity index (χ2n) is 8.26. The summed E-state index contributed by atoms with van der Waals surface area (Å²) >= 11 is 7.22. The zero-order valence-electron chi connectivity index (χ0n) is 19.3. The first-order valence-corrected chi connectivity index (χ1v) is 12.0. The molecule has 1 atom stereocenters. The van der Waals surface area contributed by atoms with Crippen LogP contribution < -0.4 is 10.6 Å². The summed E-state index contributed by atoms with van der Waals surface area (Å²) in [5.41, 5.74) is 3.42. The number of benzene rings is 2. The van der Waals surface area contributed by atoms with Crippen molar-refractivity contribution in [3.05, 3.63) is 70.0 Å². The van der Waals surface area contributed by atoms with E-state index in [-0.39, 0.29) is 29.5 Å². The number of carbonyl (C=O) groups is 2. The SMILES string of the molecule is Cc1ccc(C)c(NC(=O)CSc2nnc([C@H](NC(=O)c3ccc(Cl)cc3)C(C)C)n2C)c1. The molecule has 0 radical (unpaired) electrons. The topological polar surface area (TPSA) is 88.9 Å². The van der Waals surface area contributed by atoms with Gasteiger partial charge in [-0.05, 0) is 61.2 Å². The summed E-state index contributed by atoms with van der Waals surface area (Å²) in [6.45, 7) is 7.96. The first-order chi connectivity index (χ1) is 15.7. The van der Waals surface area contributed by atoms with E-state index in [1.165, 1.54) is 11.8 Å². The molecule has 0 saturated heterocycles. The van der Waals surface area contributed by atoms with Crippen LogP contribution in [-0.2, 0) is 11.8 Å². The van der Waals surface area contributed by atoms with Crippen molar-refractivity contribution in [2.75, 3.05) is 11.1 Å². The van der Waals surface area contributed by atoms with Crippen LogP contribution in [0.3, 0.4) is 0 Å². The van der Waals surface area contributed by atoms with E-state index in [9.17, 15) is 9.59 Å². The summed E-state index contributed by atoms with van der Waals surface area (Å²) in [6, 6.07) is 12.3. The Morgan fingerprint density at radius 2 is 1.79 bits per heavy atom.